The summed E-state index contributed by atoms with van der Waals surface area (Å²) in [5.41, 5.74) is 8.89. The molecule has 0 radical (unpaired) electrons. The van der Waals surface area contributed by atoms with Gasteiger partial charge in [-0.2, -0.15) is 0 Å². The van der Waals surface area contributed by atoms with Crippen molar-refractivity contribution in [3.8, 4) is 0 Å². The van der Waals surface area contributed by atoms with Crippen LogP contribution in [0.3, 0.4) is 0 Å². The number of nitrogens with two attached hydrogens (primary N) is 1. The Morgan fingerprint density at radius 1 is 1.33 bits per heavy atom. The Hall–Kier alpha value is -2.01. The molecule has 0 aromatic carbocycles. The van der Waals surface area contributed by atoms with E-state index in [1.807, 2.05) is 18.3 Å². The van der Waals surface area contributed by atoms with E-state index < -0.39 is 0 Å². The van der Waals surface area contributed by atoms with Gasteiger partial charge in [0.15, 0.2) is 5.65 Å². The summed E-state index contributed by atoms with van der Waals surface area (Å²) >= 11 is 0. The van der Waals surface area contributed by atoms with Gasteiger partial charge in [-0.3, -0.25) is 0 Å². The summed E-state index contributed by atoms with van der Waals surface area (Å²) in [5.74, 6) is 0. The summed E-state index contributed by atoms with van der Waals surface area (Å²) in [5, 5.41) is 1.03. The minimum atomic E-state index is 0.435. The first-order valence-corrected chi connectivity index (χ1v) is 4.66. The third-order valence-corrected chi connectivity index (χ3v) is 2.40. The number of rotatable bonds is 1. The highest BCUT2D eigenvalue weighted by Crippen LogP contribution is 2.18. The highest BCUT2D eigenvalue weighted by molar-refractivity contribution is 5.90. The van der Waals surface area contributed by atoms with Crippen LogP contribution in [0.5, 0.6) is 0 Å². The van der Waals surface area contributed by atoms with Crippen molar-refractivity contribution in [1.82, 2.24) is 19.9 Å². The van der Waals surface area contributed by atoms with E-state index in [-0.39, 0.29) is 0 Å². The highest BCUT2D eigenvalue weighted by Gasteiger charge is 2.05. The molecule has 5 nitrogen and oxygen atoms in total. The van der Waals surface area contributed by atoms with E-state index in [9.17, 15) is 0 Å². The first-order valence-electron chi connectivity index (χ1n) is 4.66. The molecule has 0 unspecified atom stereocenters. The maximum Gasteiger partial charge on any atom is 0.180 e. The second-order valence-corrected chi connectivity index (χ2v) is 3.30. The summed E-state index contributed by atoms with van der Waals surface area (Å²) < 4.78 is 0. The number of pyridine rings is 2. The van der Waals surface area contributed by atoms with Crippen molar-refractivity contribution in [2.45, 2.75) is 6.54 Å². The Balaban J connectivity index is 2.48. The summed E-state index contributed by atoms with van der Waals surface area (Å²) in [6.45, 7) is 0.435. The molecule has 0 spiro atoms. The lowest BCUT2D eigenvalue weighted by Gasteiger charge is -2.02. The van der Waals surface area contributed by atoms with Gasteiger partial charge in [0.25, 0.3) is 0 Å². The van der Waals surface area contributed by atoms with E-state index in [0.29, 0.717) is 12.2 Å². The lowest BCUT2D eigenvalue weighted by molar-refractivity contribution is 1.00. The van der Waals surface area contributed by atoms with Gasteiger partial charge in [0.05, 0.1) is 11.2 Å². The summed E-state index contributed by atoms with van der Waals surface area (Å²) in [6, 6.07) is 3.92. The molecule has 0 atom stereocenters. The van der Waals surface area contributed by atoms with Gasteiger partial charge in [0.2, 0.25) is 0 Å². The van der Waals surface area contributed by atoms with Crippen molar-refractivity contribution < 1.29 is 0 Å². The van der Waals surface area contributed by atoms with Gasteiger partial charge >= 0.3 is 0 Å². The molecule has 0 saturated heterocycles. The monoisotopic (exact) mass is 199 g/mol. The smallest absolute Gasteiger partial charge is 0.180 e. The Bertz CT molecular complexity index is 628. The molecular weight excluding hydrogens is 190 g/mol. The van der Waals surface area contributed by atoms with Crippen molar-refractivity contribution in [2.75, 3.05) is 0 Å². The minimum Gasteiger partial charge on any atom is -0.362 e. The van der Waals surface area contributed by atoms with Gasteiger partial charge < -0.3 is 10.7 Å². The molecule has 74 valence electrons. The van der Waals surface area contributed by atoms with Crippen molar-refractivity contribution in [3.63, 3.8) is 0 Å². The Morgan fingerprint density at radius 3 is 3.13 bits per heavy atom. The van der Waals surface area contributed by atoms with Crippen LogP contribution < -0.4 is 5.73 Å². The fraction of sp³-hybridized carbons (Fsp3) is 0.100. The predicted molar refractivity (Wildman–Crippen MR) is 57.1 cm³/mol. The molecule has 0 amide bonds. The zero-order chi connectivity index (χ0) is 10.3. The van der Waals surface area contributed by atoms with Gasteiger partial charge in [0, 0.05) is 18.1 Å². The fourth-order valence-corrected chi connectivity index (χ4v) is 1.67. The van der Waals surface area contributed by atoms with Crippen LogP contribution in [-0.4, -0.2) is 19.9 Å². The zero-order valence-electron chi connectivity index (χ0n) is 7.94. The molecule has 15 heavy (non-hydrogen) atoms. The van der Waals surface area contributed by atoms with Crippen LogP contribution in [0, 0.1) is 0 Å². The van der Waals surface area contributed by atoms with Crippen molar-refractivity contribution in [2.24, 2.45) is 5.73 Å². The Kier molecular flexibility index (Phi) is 1.66. The van der Waals surface area contributed by atoms with E-state index in [2.05, 4.69) is 19.9 Å². The molecule has 0 bridgehead atoms. The van der Waals surface area contributed by atoms with Crippen LogP contribution in [0.4, 0.5) is 0 Å². The number of imidazole rings is 1. The fourth-order valence-electron chi connectivity index (χ4n) is 1.67. The Morgan fingerprint density at radius 2 is 2.27 bits per heavy atom. The topological polar surface area (TPSA) is 80.5 Å². The van der Waals surface area contributed by atoms with Crippen LogP contribution >= 0.6 is 0 Å². The number of hydrogen-bond donors (Lipinski definition) is 2. The predicted octanol–water partition coefficient (Wildman–Crippen LogP) is 0.965. The zero-order valence-corrected chi connectivity index (χ0v) is 7.94. The number of aromatic amines is 1. The number of nitrogens with zero attached hydrogens (tertiary/aromatic N) is 3. The van der Waals surface area contributed by atoms with Crippen molar-refractivity contribution in [1.29, 1.82) is 0 Å². The highest BCUT2D eigenvalue weighted by atomic mass is 15.0. The lowest BCUT2D eigenvalue weighted by Crippen LogP contribution is -2.01. The van der Waals surface area contributed by atoms with Gasteiger partial charge in [-0.15, -0.1) is 0 Å². The average molecular weight is 199 g/mol. The lowest BCUT2D eigenvalue weighted by atomic mass is 10.2. The third kappa shape index (κ3) is 1.17. The van der Waals surface area contributed by atoms with E-state index in [4.69, 9.17) is 5.73 Å². The molecule has 3 rings (SSSR count). The van der Waals surface area contributed by atoms with Gasteiger partial charge in [-0.25, -0.2) is 15.0 Å². The molecule has 3 heterocycles. The van der Waals surface area contributed by atoms with Crippen LogP contribution in [-0.2, 0) is 6.54 Å². The molecule has 3 aromatic rings. The molecule has 0 aliphatic heterocycles. The molecule has 0 fully saturated rings. The number of nitrogens with one attached hydrogen (secondary N) is 1. The van der Waals surface area contributed by atoms with Crippen molar-refractivity contribution in [3.05, 3.63) is 30.4 Å². The Labute approximate surface area is 85.4 Å². The summed E-state index contributed by atoms with van der Waals surface area (Å²) in [6.07, 6.45) is 3.37. The van der Waals surface area contributed by atoms with E-state index in [1.165, 1.54) is 6.33 Å². The maximum absolute atomic E-state index is 5.63. The average Bonchev–Trinajstić information content (AvgIpc) is 2.72. The van der Waals surface area contributed by atoms with Crippen molar-refractivity contribution >= 4 is 22.1 Å². The number of hydrogen-bond acceptors (Lipinski definition) is 4. The van der Waals surface area contributed by atoms with E-state index >= 15 is 0 Å². The minimum absolute atomic E-state index is 0.435. The van der Waals surface area contributed by atoms with Crippen LogP contribution in [0.2, 0.25) is 0 Å². The first-order chi connectivity index (χ1) is 7.38. The molecule has 3 aromatic heterocycles. The second-order valence-electron chi connectivity index (χ2n) is 3.30. The van der Waals surface area contributed by atoms with E-state index in [1.54, 1.807) is 0 Å². The summed E-state index contributed by atoms with van der Waals surface area (Å²) in [7, 11) is 0. The second kappa shape index (κ2) is 2.99. The number of aromatic nitrogens is 4. The number of fused-ring (bicyclic) bond motifs is 2. The molecule has 0 aliphatic rings. The maximum atomic E-state index is 5.63. The summed E-state index contributed by atoms with van der Waals surface area (Å²) in [4.78, 5) is 15.7. The van der Waals surface area contributed by atoms with Gasteiger partial charge in [0.1, 0.15) is 11.8 Å². The molecule has 0 saturated carbocycles. The van der Waals surface area contributed by atoms with Crippen LogP contribution in [0.25, 0.3) is 22.1 Å². The van der Waals surface area contributed by atoms with Crippen LogP contribution in [0.15, 0.2) is 24.7 Å². The van der Waals surface area contributed by atoms with Gasteiger partial charge in [-0.05, 0) is 12.1 Å². The van der Waals surface area contributed by atoms with E-state index in [0.717, 1.165) is 22.1 Å². The first kappa shape index (κ1) is 8.31. The molecule has 3 N–H and O–H groups in total. The molecular formula is C10H9N5. The largest absolute Gasteiger partial charge is 0.362 e. The third-order valence-electron chi connectivity index (χ3n) is 2.40. The normalized spacial score (nSPS) is 11.3. The van der Waals surface area contributed by atoms with Crippen LogP contribution in [0.1, 0.15) is 5.69 Å². The van der Waals surface area contributed by atoms with Gasteiger partial charge in [-0.1, -0.05) is 0 Å². The quantitative estimate of drug-likeness (QED) is 0.611. The molecule has 0 aliphatic carbocycles. The standard InChI is InChI=1S/C10H9N5/c11-4-8-9-6(1-2-12-8)3-7-10(15-9)14-5-13-7/h1-3,5,12H,4,11H2. The molecule has 5 heteroatoms. The SMILES string of the molecule is NCc1[nH]ccc2cc3ncnc3nc12. The number of H-pyrrole nitrogens is 1.